The Morgan fingerprint density at radius 2 is 2.21 bits per heavy atom. The lowest BCUT2D eigenvalue weighted by Crippen LogP contribution is -2.25. The van der Waals surface area contributed by atoms with Crippen molar-refractivity contribution < 1.29 is 8.42 Å². The predicted molar refractivity (Wildman–Crippen MR) is 72.4 cm³/mol. The molecule has 0 radical (unpaired) electrons. The molecule has 0 spiro atoms. The number of aromatic nitrogens is 3. The van der Waals surface area contributed by atoms with Gasteiger partial charge < -0.3 is 5.73 Å². The number of hydrogen-bond donors (Lipinski definition) is 2. The highest BCUT2D eigenvalue weighted by molar-refractivity contribution is 9.10. The van der Waals surface area contributed by atoms with E-state index >= 15 is 0 Å². The van der Waals surface area contributed by atoms with Gasteiger partial charge in [-0.15, -0.1) is 0 Å². The average Bonchev–Trinajstić information content (AvgIpc) is 2.40. The van der Waals surface area contributed by atoms with Gasteiger partial charge in [0, 0.05) is 16.9 Å². The molecule has 0 amide bonds. The molecule has 0 aliphatic rings. The Bertz CT molecular complexity index is 678. The third kappa shape index (κ3) is 3.46. The molecule has 0 saturated carbocycles. The number of sulfonamides is 1. The summed E-state index contributed by atoms with van der Waals surface area (Å²) >= 11 is 3.15. The first-order chi connectivity index (χ1) is 8.99. The number of pyridine rings is 1. The lowest BCUT2D eigenvalue weighted by atomic mass is 10.4. The topological polar surface area (TPSA) is 111 Å². The average molecular weight is 344 g/mol. The predicted octanol–water partition coefficient (Wildman–Crippen LogP) is 0.695. The number of nitrogens with one attached hydrogen (secondary N) is 1. The Morgan fingerprint density at radius 3 is 2.89 bits per heavy atom. The van der Waals surface area contributed by atoms with E-state index in [9.17, 15) is 8.42 Å². The molecule has 7 nitrogen and oxygen atoms in total. The first-order valence-electron chi connectivity index (χ1n) is 5.16. The molecule has 0 aromatic carbocycles. The van der Waals surface area contributed by atoms with Gasteiger partial charge in [0.25, 0.3) is 0 Å². The van der Waals surface area contributed by atoms with Crippen LogP contribution in [0.25, 0.3) is 0 Å². The van der Waals surface area contributed by atoms with Crippen molar-refractivity contribution in [2.45, 2.75) is 11.4 Å². The fraction of sp³-hybridized carbons (Fsp3) is 0.100. The van der Waals surface area contributed by atoms with Gasteiger partial charge in [0.2, 0.25) is 10.0 Å². The molecule has 0 atom stereocenters. The molecule has 3 N–H and O–H groups in total. The quantitative estimate of drug-likeness (QED) is 0.844. The van der Waals surface area contributed by atoms with Crippen LogP contribution >= 0.6 is 15.9 Å². The maximum Gasteiger partial charge on any atom is 0.244 e. The van der Waals surface area contributed by atoms with Gasteiger partial charge in [-0.05, 0) is 34.1 Å². The number of hydrogen-bond acceptors (Lipinski definition) is 6. The van der Waals surface area contributed by atoms with Crippen molar-refractivity contribution in [2.24, 2.45) is 0 Å². The van der Waals surface area contributed by atoms with Crippen molar-refractivity contribution in [3.8, 4) is 0 Å². The van der Waals surface area contributed by atoms with E-state index in [1.54, 1.807) is 12.1 Å². The molecule has 0 bridgehead atoms. The number of rotatable bonds is 4. The molecule has 19 heavy (non-hydrogen) atoms. The minimum absolute atomic E-state index is 0.0299. The molecule has 100 valence electrons. The van der Waals surface area contributed by atoms with E-state index in [0.717, 1.165) is 0 Å². The maximum absolute atomic E-state index is 12.1. The van der Waals surface area contributed by atoms with Gasteiger partial charge in [0.15, 0.2) is 0 Å². The van der Waals surface area contributed by atoms with E-state index in [1.165, 1.54) is 18.5 Å². The number of halogens is 1. The lowest BCUT2D eigenvalue weighted by molar-refractivity contribution is 0.580. The third-order valence-corrected chi connectivity index (χ3v) is 4.07. The minimum Gasteiger partial charge on any atom is -0.383 e. The van der Waals surface area contributed by atoms with Gasteiger partial charge in [0.05, 0.1) is 12.2 Å². The molecule has 0 saturated heterocycles. The summed E-state index contributed by atoms with van der Waals surface area (Å²) in [6, 6.07) is 4.73. The van der Waals surface area contributed by atoms with Crippen LogP contribution in [0.5, 0.6) is 0 Å². The summed E-state index contributed by atoms with van der Waals surface area (Å²) in [4.78, 5) is 3.71. The van der Waals surface area contributed by atoms with E-state index in [0.29, 0.717) is 10.2 Å². The molecular weight excluding hydrogens is 334 g/mol. The van der Waals surface area contributed by atoms with Crippen LogP contribution < -0.4 is 10.5 Å². The zero-order valence-corrected chi connectivity index (χ0v) is 12.0. The molecule has 0 aliphatic carbocycles. The maximum atomic E-state index is 12.1. The Morgan fingerprint density at radius 1 is 1.42 bits per heavy atom. The van der Waals surface area contributed by atoms with Gasteiger partial charge in [-0.1, -0.05) is 0 Å². The zero-order valence-electron chi connectivity index (χ0n) is 9.62. The number of nitrogens with two attached hydrogens (primary N) is 1. The summed E-state index contributed by atoms with van der Waals surface area (Å²) in [5, 5.41) is 7.44. The Labute approximate surface area is 118 Å². The fourth-order valence-corrected chi connectivity index (χ4v) is 2.91. The van der Waals surface area contributed by atoms with Crippen LogP contribution in [0.1, 0.15) is 5.69 Å². The molecular formula is C10H10BrN5O2S. The van der Waals surface area contributed by atoms with Crippen molar-refractivity contribution in [2.75, 3.05) is 5.73 Å². The molecule has 2 aromatic rings. The summed E-state index contributed by atoms with van der Waals surface area (Å²) in [6.45, 7) is 0.0299. The van der Waals surface area contributed by atoms with Gasteiger partial charge in [-0.25, -0.2) is 18.1 Å². The summed E-state index contributed by atoms with van der Waals surface area (Å²) in [5.41, 5.74) is 6.07. The number of nitrogen functional groups attached to an aromatic ring is 1. The SMILES string of the molecule is Nc1ncc(Br)cc1S(=O)(=O)NCc1cccnn1. The zero-order chi connectivity index (χ0) is 13.9. The first kappa shape index (κ1) is 13.8. The van der Waals surface area contributed by atoms with E-state index in [2.05, 4.69) is 35.8 Å². The third-order valence-electron chi connectivity index (χ3n) is 2.21. The van der Waals surface area contributed by atoms with Crippen molar-refractivity contribution in [3.63, 3.8) is 0 Å². The lowest BCUT2D eigenvalue weighted by Gasteiger charge is -2.08. The van der Waals surface area contributed by atoms with Crippen LogP contribution in [0.15, 0.2) is 40.0 Å². The van der Waals surface area contributed by atoms with Gasteiger partial charge >= 0.3 is 0 Å². The molecule has 0 aliphatic heterocycles. The smallest absolute Gasteiger partial charge is 0.244 e. The van der Waals surface area contributed by atoms with Crippen LogP contribution in [0.3, 0.4) is 0 Å². The van der Waals surface area contributed by atoms with Crippen molar-refractivity contribution in [1.82, 2.24) is 19.9 Å². The summed E-state index contributed by atoms with van der Waals surface area (Å²) < 4.78 is 27.1. The normalized spacial score (nSPS) is 11.4. The Kier molecular flexibility index (Phi) is 4.08. The number of anilines is 1. The highest BCUT2D eigenvalue weighted by atomic mass is 79.9. The van der Waals surface area contributed by atoms with E-state index in [4.69, 9.17) is 5.73 Å². The van der Waals surface area contributed by atoms with Crippen LogP contribution in [0, 0.1) is 0 Å². The Balaban J connectivity index is 2.21. The van der Waals surface area contributed by atoms with Gasteiger partial charge in [0.1, 0.15) is 10.7 Å². The fourth-order valence-electron chi connectivity index (χ4n) is 1.32. The Hall–Kier alpha value is -1.58. The van der Waals surface area contributed by atoms with Crippen LogP contribution in [0.4, 0.5) is 5.82 Å². The molecule has 2 aromatic heterocycles. The molecule has 2 heterocycles. The minimum atomic E-state index is -3.75. The summed E-state index contributed by atoms with van der Waals surface area (Å²) in [5.74, 6) is -0.0603. The first-order valence-corrected chi connectivity index (χ1v) is 7.44. The van der Waals surface area contributed by atoms with Crippen LogP contribution in [0.2, 0.25) is 0 Å². The monoisotopic (exact) mass is 343 g/mol. The standard InChI is InChI=1S/C10H10BrN5O2S/c11-7-4-9(10(12)13-5-7)19(17,18)15-6-8-2-1-3-14-16-8/h1-5,15H,6H2,(H2,12,13). The second-order valence-electron chi connectivity index (χ2n) is 3.58. The van der Waals surface area contributed by atoms with Crippen LogP contribution in [-0.4, -0.2) is 23.6 Å². The van der Waals surface area contributed by atoms with Gasteiger partial charge in [-0.2, -0.15) is 10.2 Å². The molecule has 0 unspecified atom stereocenters. The molecule has 9 heteroatoms. The van der Waals surface area contributed by atoms with Crippen molar-refractivity contribution in [3.05, 3.63) is 40.8 Å². The molecule has 2 rings (SSSR count). The van der Waals surface area contributed by atoms with Gasteiger partial charge in [-0.3, -0.25) is 0 Å². The van der Waals surface area contributed by atoms with E-state index in [1.807, 2.05) is 0 Å². The second kappa shape index (κ2) is 5.59. The van der Waals surface area contributed by atoms with Crippen molar-refractivity contribution in [1.29, 1.82) is 0 Å². The highest BCUT2D eigenvalue weighted by Gasteiger charge is 2.18. The summed E-state index contributed by atoms with van der Waals surface area (Å²) in [7, 11) is -3.75. The largest absolute Gasteiger partial charge is 0.383 e. The summed E-state index contributed by atoms with van der Waals surface area (Å²) in [6.07, 6.45) is 2.94. The number of nitrogens with zero attached hydrogens (tertiary/aromatic N) is 3. The van der Waals surface area contributed by atoms with E-state index < -0.39 is 10.0 Å². The highest BCUT2D eigenvalue weighted by Crippen LogP contribution is 2.20. The second-order valence-corrected chi connectivity index (χ2v) is 6.23. The van der Waals surface area contributed by atoms with E-state index in [-0.39, 0.29) is 17.3 Å². The van der Waals surface area contributed by atoms with Crippen molar-refractivity contribution >= 4 is 31.8 Å². The molecule has 0 fully saturated rings. The van der Waals surface area contributed by atoms with Crippen LogP contribution in [-0.2, 0) is 16.6 Å².